The third kappa shape index (κ3) is 5.26. The topological polar surface area (TPSA) is 87.7 Å². The van der Waals surface area contributed by atoms with Crippen LogP contribution in [0.25, 0.3) is 0 Å². The number of hydrogen-bond acceptors (Lipinski definition) is 5. The van der Waals surface area contributed by atoms with Gasteiger partial charge in [-0.3, -0.25) is 19.7 Å². The summed E-state index contributed by atoms with van der Waals surface area (Å²) in [4.78, 5) is 38.1. The zero-order chi connectivity index (χ0) is 19.3. The van der Waals surface area contributed by atoms with Crippen LogP contribution < -0.4 is 10.6 Å². The zero-order valence-electron chi connectivity index (χ0n) is 15.1. The molecule has 1 heterocycles. The molecule has 0 aromatic heterocycles. The molecule has 1 atom stereocenters. The Hall–Kier alpha value is -2.48. The van der Waals surface area contributed by atoms with Gasteiger partial charge in [0.2, 0.25) is 5.91 Å². The quantitative estimate of drug-likeness (QED) is 0.605. The van der Waals surface area contributed by atoms with Crippen LogP contribution in [0, 0.1) is 6.92 Å². The van der Waals surface area contributed by atoms with Gasteiger partial charge in [-0.1, -0.05) is 17.7 Å². The van der Waals surface area contributed by atoms with E-state index in [1.54, 1.807) is 36.9 Å². The van der Waals surface area contributed by atoms with Crippen molar-refractivity contribution < 1.29 is 19.1 Å². The summed E-state index contributed by atoms with van der Waals surface area (Å²) in [7, 11) is 0. The number of carbonyl (C=O) groups is 3. The lowest BCUT2D eigenvalue weighted by atomic mass is 10.1. The molecular formula is C18H23N3O4S. The lowest BCUT2D eigenvalue weighted by molar-refractivity contribution is -0.150. The van der Waals surface area contributed by atoms with Crippen molar-refractivity contribution in [2.75, 3.05) is 13.1 Å². The van der Waals surface area contributed by atoms with E-state index < -0.39 is 12.0 Å². The first-order valence-electron chi connectivity index (χ1n) is 8.43. The van der Waals surface area contributed by atoms with Gasteiger partial charge in [-0.2, -0.15) is 0 Å². The molecule has 2 amide bonds. The number of benzene rings is 1. The molecule has 2 N–H and O–H groups in total. The average molecular weight is 377 g/mol. The first-order chi connectivity index (χ1) is 12.3. The number of nitrogens with one attached hydrogen (secondary N) is 2. The molecular weight excluding hydrogens is 354 g/mol. The van der Waals surface area contributed by atoms with Crippen LogP contribution in [0.5, 0.6) is 0 Å². The van der Waals surface area contributed by atoms with E-state index in [1.807, 2.05) is 13.0 Å². The number of carbonyl (C=O) groups excluding carboxylic acids is 3. The summed E-state index contributed by atoms with van der Waals surface area (Å²) >= 11 is 5.32. The second-order valence-corrected chi connectivity index (χ2v) is 6.76. The standard InChI is InChI=1S/C18H23N3O4S/c1-11(2)25-15(22)10-14-17(24)19-7-8-21(14)18(26)20-16(23)13-6-4-5-12(3)9-13/h4-6,9,11,14H,7-8,10H2,1-3H3,(H,19,24)(H,20,23,26)/t14-/m0/s1. The van der Waals surface area contributed by atoms with Crippen LogP contribution in [0.15, 0.2) is 24.3 Å². The van der Waals surface area contributed by atoms with Crippen LogP contribution in [-0.2, 0) is 14.3 Å². The first-order valence-corrected chi connectivity index (χ1v) is 8.84. The molecule has 0 radical (unpaired) electrons. The van der Waals surface area contributed by atoms with Crippen LogP contribution >= 0.6 is 12.2 Å². The molecule has 26 heavy (non-hydrogen) atoms. The molecule has 1 saturated heterocycles. The minimum atomic E-state index is -0.805. The molecule has 0 bridgehead atoms. The van der Waals surface area contributed by atoms with Gasteiger partial charge >= 0.3 is 5.97 Å². The molecule has 0 saturated carbocycles. The van der Waals surface area contributed by atoms with E-state index in [1.165, 1.54) is 0 Å². The van der Waals surface area contributed by atoms with Crippen LogP contribution in [0.3, 0.4) is 0 Å². The number of rotatable bonds is 4. The maximum absolute atomic E-state index is 12.4. The molecule has 0 spiro atoms. The van der Waals surface area contributed by atoms with Crippen LogP contribution in [0.2, 0.25) is 0 Å². The van der Waals surface area contributed by atoms with Crippen molar-refractivity contribution in [1.29, 1.82) is 0 Å². The molecule has 1 aromatic carbocycles. The highest BCUT2D eigenvalue weighted by Gasteiger charge is 2.34. The summed E-state index contributed by atoms with van der Waals surface area (Å²) in [5.74, 6) is -1.16. The van der Waals surface area contributed by atoms with Gasteiger partial charge in [0.1, 0.15) is 6.04 Å². The fourth-order valence-corrected chi connectivity index (χ4v) is 2.97. The van der Waals surface area contributed by atoms with E-state index in [-0.39, 0.29) is 29.5 Å². The van der Waals surface area contributed by atoms with E-state index in [0.717, 1.165) is 5.56 Å². The van der Waals surface area contributed by atoms with Gasteiger partial charge in [0.25, 0.3) is 5.91 Å². The highest BCUT2D eigenvalue weighted by molar-refractivity contribution is 7.80. The molecule has 0 unspecified atom stereocenters. The van der Waals surface area contributed by atoms with Gasteiger partial charge in [-0.05, 0) is 45.1 Å². The van der Waals surface area contributed by atoms with Crippen molar-refractivity contribution in [3.63, 3.8) is 0 Å². The maximum atomic E-state index is 12.4. The Balaban J connectivity index is 2.07. The zero-order valence-corrected chi connectivity index (χ0v) is 15.9. The lowest BCUT2D eigenvalue weighted by Gasteiger charge is -2.36. The summed E-state index contributed by atoms with van der Waals surface area (Å²) in [5.41, 5.74) is 1.43. The Morgan fingerprint density at radius 1 is 1.42 bits per heavy atom. The number of amides is 2. The molecule has 7 nitrogen and oxygen atoms in total. The van der Waals surface area contributed by atoms with Gasteiger partial charge in [-0.15, -0.1) is 0 Å². The van der Waals surface area contributed by atoms with Crippen molar-refractivity contribution in [3.8, 4) is 0 Å². The molecule has 140 valence electrons. The van der Waals surface area contributed by atoms with Crippen molar-refractivity contribution in [2.45, 2.75) is 39.3 Å². The third-order valence-corrected chi connectivity index (χ3v) is 4.16. The fraction of sp³-hybridized carbons (Fsp3) is 0.444. The summed E-state index contributed by atoms with van der Waals surface area (Å²) in [5, 5.41) is 5.47. The Kier molecular flexibility index (Phi) is 6.68. The van der Waals surface area contributed by atoms with Crippen LogP contribution in [0.1, 0.15) is 36.2 Å². The SMILES string of the molecule is Cc1cccc(C(=O)NC(=S)N2CCNC(=O)[C@@H]2CC(=O)OC(C)C)c1. The Bertz CT molecular complexity index is 720. The van der Waals surface area contributed by atoms with Crippen LogP contribution in [0.4, 0.5) is 0 Å². The number of ether oxygens (including phenoxy) is 1. The molecule has 2 rings (SSSR count). The predicted octanol–water partition coefficient (Wildman–Crippen LogP) is 1.15. The van der Waals surface area contributed by atoms with Gasteiger partial charge < -0.3 is 15.0 Å². The normalized spacial score (nSPS) is 16.8. The predicted molar refractivity (Wildman–Crippen MR) is 101 cm³/mol. The molecule has 1 aromatic rings. The van der Waals surface area contributed by atoms with E-state index in [9.17, 15) is 14.4 Å². The number of aryl methyl sites for hydroxylation is 1. The molecule has 0 aliphatic carbocycles. The number of esters is 1. The first kappa shape index (κ1) is 19.8. The number of nitrogens with zero attached hydrogens (tertiary/aromatic N) is 1. The van der Waals surface area contributed by atoms with Crippen molar-refractivity contribution in [3.05, 3.63) is 35.4 Å². The summed E-state index contributed by atoms with van der Waals surface area (Å²) in [6.07, 6.45) is -0.402. The van der Waals surface area contributed by atoms with Gasteiger partial charge in [0.05, 0.1) is 12.5 Å². The van der Waals surface area contributed by atoms with Crippen molar-refractivity contribution in [2.24, 2.45) is 0 Å². The number of piperazine rings is 1. The van der Waals surface area contributed by atoms with Crippen molar-refractivity contribution >= 4 is 35.1 Å². The maximum Gasteiger partial charge on any atom is 0.308 e. The third-order valence-electron chi connectivity index (χ3n) is 3.82. The largest absolute Gasteiger partial charge is 0.463 e. The van der Waals surface area contributed by atoms with E-state index in [4.69, 9.17) is 17.0 Å². The molecule has 1 fully saturated rings. The van der Waals surface area contributed by atoms with E-state index >= 15 is 0 Å². The van der Waals surface area contributed by atoms with Crippen molar-refractivity contribution in [1.82, 2.24) is 15.5 Å². The second kappa shape index (κ2) is 8.75. The smallest absolute Gasteiger partial charge is 0.308 e. The number of hydrogen-bond donors (Lipinski definition) is 2. The van der Waals surface area contributed by atoms with E-state index in [0.29, 0.717) is 18.7 Å². The summed E-state index contributed by atoms with van der Waals surface area (Å²) in [6, 6.07) is 6.30. The molecule has 1 aliphatic rings. The van der Waals surface area contributed by atoms with Gasteiger partial charge in [0.15, 0.2) is 5.11 Å². The summed E-state index contributed by atoms with van der Waals surface area (Å²) in [6.45, 7) is 6.15. The monoisotopic (exact) mass is 377 g/mol. The van der Waals surface area contributed by atoms with Crippen LogP contribution in [-0.4, -0.2) is 53.0 Å². The highest BCUT2D eigenvalue weighted by atomic mass is 32.1. The Morgan fingerprint density at radius 2 is 2.15 bits per heavy atom. The van der Waals surface area contributed by atoms with Gasteiger partial charge in [0, 0.05) is 18.7 Å². The second-order valence-electron chi connectivity index (χ2n) is 6.37. The summed E-state index contributed by atoms with van der Waals surface area (Å²) < 4.78 is 5.12. The average Bonchev–Trinajstić information content (AvgIpc) is 2.55. The molecule has 8 heteroatoms. The Labute approximate surface area is 158 Å². The molecule has 1 aliphatic heterocycles. The number of thiocarbonyl (C=S) groups is 1. The minimum absolute atomic E-state index is 0.119. The lowest BCUT2D eigenvalue weighted by Crippen LogP contribution is -2.60. The Morgan fingerprint density at radius 3 is 2.81 bits per heavy atom. The highest BCUT2D eigenvalue weighted by Crippen LogP contribution is 2.12. The fourth-order valence-electron chi connectivity index (χ4n) is 2.66. The van der Waals surface area contributed by atoms with Gasteiger partial charge in [-0.25, -0.2) is 0 Å². The van der Waals surface area contributed by atoms with E-state index in [2.05, 4.69) is 10.6 Å². The minimum Gasteiger partial charge on any atom is -0.463 e.